The molecule has 0 radical (unpaired) electrons. The van der Waals surface area contributed by atoms with Crippen LogP contribution in [0.3, 0.4) is 0 Å². The number of nitrogens with zero attached hydrogens (tertiary/aromatic N) is 2. The van der Waals surface area contributed by atoms with Gasteiger partial charge in [0, 0.05) is 25.4 Å². The summed E-state index contributed by atoms with van der Waals surface area (Å²) in [4.78, 5) is 15.5. The third kappa shape index (κ3) is 2.54. The lowest BCUT2D eigenvalue weighted by Crippen LogP contribution is -2.28. The zero-order valence-electron chi connectivity index (χ0n) is 9.87. The molecule has 1 saturated heterocycles. The van der Waals surface area contributed by atoms with Gasteiger partial charge in [-0.1, -0.05) is 0 Å². The van der Waals surface area contributed by atoms with Gasteiger partial charge in [-0.2, -0.15) is 4.98 Å². The molecule has 3 atom stereocenters. The maximum absolute atomic E-state index is 11.7. The molecule has 2 rings (SSSR count). The van der Waals surface area contributed by atoms with E-state index in [1.165, 1.54) is 4.57 Å². The Labute approximate surface area is 98.8 Å². The Morgan fingerprint density at radius 1 is 1.71 bits per heavy atom. The van der Waals surface area contributed by atoms with Crippen LogP contribution in [-0.4, -0.2) is 40.6 Å². The third-order valence-corrected chi connectivity index (χ3v) is 2.81. The number of aryl methyl sites for hydroxylation is 1. The zero-order valence-corrected chi connectivity index (χ0v) is 9.87. The predicted octanol–water partition coefficient (Wildman–Crippen LogP) is -0.153. The highest BCUT2D eigenvalue weighted by Crippen LogP contribution is 2.27. The van der Waals surface area contributed by atoms with Crippen LogP contribution >= 0.6 is 0 Å². The second kappa shape index (κ2) is 4.95. The summed E-state index contributed by atoms with van der Waals surface area (Å²) < 4.78 is 11.9. The first kappa shape index (κ1) is 12.2. The van der Waals surface area contributed by atoms with Crippen molar-refractivity contribution in [3.63, 3.8) is 0 Å². The van der Waals surface area contributed by atoms with Gasteiger partial charge in [-0.15, -0.1) is 0 Å². The Balaban J connectivity index is 2.17. The van der Waals surface area contributed by atoms with E-state index < -0.39 is 18.4 Å². The highest BCUT2D eigenvalue weighted by molar-refractivity contribution is 4.97. The van der Waals surface area contributed by atoms with Gasteiger partial charge >= 0.3 is 5.69 Å². The summed E-state index contributed by atoms with van der Waals surface area (Å²) in [5.41, 5.74) is 0.304. The molecule has 0 aliphatic carbocycles. The number of ether oxygens (including phenoxy) is 2. The van der Waals surface area contributed by atoms with Gasteiger partial charge in [-0.25, -0.2) is 4.79 Å². The fourth-order valence-electron chi connectivity index (χ4n) is 1.92. The minimum atomic E-state index is -0.617. The van der Waals surface area contributed by atoms with Crippen molar-refractivity contribution in [2.75, 3.05) is 13.7 Å². The van der Waals surface area contributed by atoms with Crippen LogP contribution in [0.15, 0.2) is 17.1 Å². The van der Waals surface area contributed by atoms with Crippen molar-refractivity contribution in [1.29, 1.82) is 0 Å². The van der Waals surface area contributed by atoms with Crippen LogP contribution in [0, 0.1) is 6.92 Å². The van der Waals surface area contributed by atoms with Crippen molar-refractivity contribution >= 4 is 0 Å². The molecule has 6 heteroatoms. The fraction of sp³-hybridized carbons (Fsp3) is 0.636. The number of rotatable bonds is 3. The van der Waals surface area contributed by atoms with Crippen LogP contribution in [0.2, 0.25) is 0 Å². The van der Waals surface area contributed by atoms with E-state index in [1.54, 1.807) is 26.3 Å². The minimum Gasteiger partial charge on any atom is -0.390 e. The van der Waals surface area contributed by atoms with Crippen LogP contribution in [0.25, 0.3) is 0 Å². The molecule has 1 aliphatic rings. The van der Waals surface area contributed by atoms with Crippen LogP contribution in [-0.2, 0) is 9.47 Å². The molecule has 1 aromatic heterocycles. The van der Waals surface area contributed by atoms with E-state index in [0.29, 0.717) is 18.7 Å². The SMILES string of the molecule is COCC1OC(n2ccc(C)nc2=O)CC1O. The van der Waals surface area contributed by atoms with Crippen molar-refractivity contribution in [1.82, 2.24) is 9.55 Å². The molecule has 94 valence electrons. The third-order valence-electron chi connectivity index (χ3n) is 2.81. The summed E-state index contributed by atoms with van der Waals surface area (Å²) in [5.74, 6) is 0. The van der Waals surface area contributed by atoms with E-state index in [1.807, 2.05) is 0 Å². The summed E-state index contributed by atoms with van der Waals surface area (Å²) in [5, 5.41) is 9.76. The molecule has 1 aromatic rings. The number of aliphatic hydroxyl groups is 1. The molecule has 2 heterocycles. The largest absolute Gasteiger partial charge is 0.390 e. The quantitative estimate of drug-likeness (QED) is 0.795. The zero-order chi connectivity index (χ0) is 12.4. The number of hydrogen-bond acceptors (Lipinski definition) is 5. The van der Waals surface area contributed by atoms with Crippen molar-refractivity contribution in [2.24, 2.45) is 0 Å². The van der Waals surface area contributed by atoms with Gasteiger partial charge in [0.15, 0.2) is 0 Å². The number of aliphatic hydroxyl groups excluding tert-OH is 1. The van der Waals surface area contributed by atoms with Crippen molar-refractivity contribution in [2.45, 2.75) is 31.8 Å². The molecule has 1 aliphatic heterocycles. The van der Waals surface area contributed by atoms with Crippen LogP contribution < -0.4 is 5.69 Å². The highest BCUT2D eigenvalue weighted by atomic mass is 16.6. The normalized spacial score (nSPS) is 28.5. The number of aromatic nitrogens is 2. The maximum atomic E-state index is 11.7. The molecule has 17 heavy (non-hydrogen) atoms. The lowest BCUT2D eigenvalue weighted by Gasteiger charge is -2.15. The van der Waals surface area contributed by atoms with E-state index >= 15 is 0 Å². The van der Waals surface area contributed by atoms with Gasteiger partial charge < -0.3 is 14.6 Å². The van der Waals surface area contributed by atoms with Gasteiger partial charge in [0.25, 0.3) is 0 Å². The predicted molar refractivity (Wildman–Crippen MR) is 59.6 cm³/mol. The second-order valence-corrected chi connectivity index (χ2v) is 4.15. The second-order valence-electron chi connectivity index (χ2n) is 4.15. The summed E-state index contributed by atoms with van der Waals surface area (Å²) in [6.07, 6.45) is 0.535. The molecule has 0 saturated carbocycles. The van der Waals surface area contributed by atoms with E-state index in [0.717, 1.165) is 0 Å². The monoisotopic (exact) mass is 240 g/mol. The standard InChI is InChI=1S/C11H16N2O4/c1-7-3-4-13(11(15)12-7)10-5-8(14)9(17-10)6-16-2/h3-4,8-10,14H,5-6H2,1-2H3. The Morgan fingerprint density at radius 2 is 2.47 bits per heavy atom. The summed E-state index contributed by atoms with van der Waals surface area (Å²) >= 11 is 0. The molecule has 3 unspecified atom stereocenters. The Hall–Kier alpha value is -1.24. The topological polar surface area (TPSA) is 73.6 Å². The Morgan fingerprint density at radius 3 is 3.12 bits per heavy atom. The minimum absolute atomic E-state index is 0.311. The van der Waals surface area contributed by atoms with Crippen LogP contribution in [0.5, 0.6) is 0 Å². The van der Waals surface area contributed by atoms with Gasteiger partial charge in [0.05, 0.1) is 12.7 Å². The van der Waals surface area contributed by atoms with Crippen molar-refractivity contribution < 1.29 is 14.6 Å². The van der Waals surface area contributed by atoms with E-state index in [9.17, 15) is 9.90 Å². The molecule has 6 nitrogen and oxygen atoms in total. The highest BCUT2D eigenvalue weighted by Gasteiger charge is 2.35. The molecule has 1 fully saturated rings. The molecular formula is C11H16N2O4. The molecule has 0 spiro atoms. The van der Waals surface area contributed by atoms with Gasteiger partial charge in [-0.3, -0.25) is 4.57 Å². The summed E-state index contributed by atoms with van der Waals surface area (Å²) in [6.45, 7) is 2.07. The van der Waals surface area contributed by atoms with Crippen LogP contribution in [0.4, 0.5) is 0 Å². The van der Waals surface area contributed by atoms with Crippen LogP contribution in [0.1, 0.15) is 18.3 Å². The molecule has 0 amide bonds. The Bertz CT molecular complexity index is 445. The summed E-state index contributed by atoms with van der Waals surface area (Å²) in [7, 11) is 1.54. The molecular weight excluding hydrogens is 224 g/mol. The first-order chi connectivity index (χ1) is 8.11. The fourth-order valence-corrected chi connectivity index (χ4v) is 1.92. The Kier molecular flexibility index (Phi) is 3.56. The van der Waals surface area contributed by atoms with Gasteiger partial charge in [-0.05, 0) is 13.0 Å². The first-order valence-electron chi connectivity index (χ1n) is 5.50. The number of methoxy groups -OCH3 is 1. The average Bonchev–Trinajstić information content (AvgIpc) is 2.60. The molecule has 1 N–H and O–H groups in total. The van der Waals surface area contributed by atoms with E-state index in [2.05, 4.69) is 4.98 Å². The van der Waals surface area contributed by atoms with Gasteiger partial charge in [0.1, 0.15) is 12.3 Å². The molecule has 0 bridgehead atoms. The first-order valence-corrected chi connectivity index (χ1v) is 5.50. The smallest absolute Gasteiger partial charge is 0.349 e. The van der Waals surface area contributed by atoms with Crippen molar-refractivity contribution in [3.05, 3.63) is 28.4 Å². The molecule has 0 aromatic carbocycles. The van der Waals surface area contributed by atoms with Gasteiger partial charge in [0.2, 0.25) is 0 Å². The average molecular weight is 240 g/mol. The van der Waals surface area contributed by atoms with E-state index in [4.69, 9.17) is 9.47 Å². The number of hydrogen-bond donors (Lipinski definition) is 1. The van der Waals surface area contributed by atoms with E-state index in [-0.39, 0.29) is 5.69 Å². The lowest BCUT2D eigenvalue weighted by atomic mass is 10.2. The maximum Gasteiger partial charge on any atom is 0.349 e. The van der Waals surface area contributed by atoms with Crippen molar-refractivity contribution in [3.8, 4) is 0 Å². The summed E-state index contributed by atoms with van der Waals surface area (Å²) in [6, 6.07) is 1.74. The lowest BCUT2D eigenvalue weighted by molar-refractivity contribution is -0.0547.